The lowest BCUT2D eigenvalue weighted by molar-refractivity contribution is 0.116. The second kappa shape index (κ2) is 5.36. The molecule has 2 unspecified atom stereocenters. The summed E-state index contributed by atoms with van der Waals surface area (Å²) in [6.45, 7) is 2.82. The van der Waals surface area contributed by atoms with Gasteiger partial charge in [-0.25, -0.2) is 13.4 Å². The van der Waals surface area contributed by atoms with E-state index in [-0.39, 0.29) is 17.4 Å². The standard InChI is InChI=1S/C11H19N3O3S/c1-2-4-14-11(12-8-13-14)6-10(15)9-3-5-18(16,17)7-9/h8-10,15H,2-7H2,1H3. The minimum absolute atomic E-state index is 0.0933. The molecule has 0 radical (unpaired) electrons. The molecule has 1 aliphatic rings. The van der Waals surface area contributed by atoms with Gasteiger partial charge in [-0.2, -0.15) is 5.10 Å². The van der Waals surface area contributed by atoms with Crippen molar-refractivity contribution in [2.75, 3.05) is 11.5 Å². The molecule has 0 saturated carbocycles. The summed E-state index contributed by atoms with van der Waals surface area (Å²) in [6, 6.07) is 0. The summed E-state index contributed by atoms with van der Waals surface area (Å²) in [6.07, 6.45) is 2.70. The normalized spacial score (nSPS) is 24.2. The van der Waals surface area contributed by atoms with Gasteiger partial charge < -0.3 is 5.11 Å². The average Bonchev–Trinajstić information content (AvgIpc) is 2.86. The first-order valence-electron chi connectivity index (χ1n) is 6.27. The molecule has 0 bridgehead atoms. The molecule has 0 amide bonds. The van der Waals surface area contributed by atoms with E-state index in [2.05, 4.69) is 10.1 Å². The van der Waals surface area contributed by atoms with Crippen molar-refractivity contribution in [3.63, 3.8) is 0 Å². The summed E-state index contributed by atoms with van der Waals surface area (Å²) in [5, 5.41) is 14.2. The van der Waals surface area contributed by atoms with Crippen LogP contribution in [0.25, 0.3) is 0 Å². The number of aromatic nitrogens is 3. The summed E-state index contributed by atoms with van der Waals surface area (Å²) in [5.74, 6) is 0.849. The van der Waals surface area contributed by atoms with E-state index < -0.39 is 15.9 Å². The first-order chi connectivity index (χ1) is 8.52. The molecule has 2 rings (SSSR count). The smallest absolute Gasteiger partial charge is 0.150 e. The molecule has 1 N–H and O–H groups in total. The fraction of sp³-hybridized carbons (Fsp3) is 0.818. The molecule has 2 heterocycles. The number of rotatable bonds is 5. The SMILES string of the molecule is CCCn1ncnc1CC(O)C1CCS(=O)(=O)C1. The Morgan fingerprint density at radius 1 is 1.61 bits per heavy atom. The van der Waals surface area contributed by atoms with Crippen LogP contribution in [-0.2, 0) is 22.8 Å². The highest BCUT2D eigenvalue weighted by atomic mass is 32.2. The van der Waals surface area contributed by atoms with Gasteiger partial charge in [0.05, 0.1) is 17.6 Å². The molecule has 1 aromatic rings. The maximum Gasteiger partial charge on any atom is 0.150 e. The van der Waals surface area contributed by atoms with Gasteiger partial charge in [0.2, 0.25) is 0 Å². The number of aryl methyl sites for hydroxylation is 1. The minimum Gasteiger partial charge on any atom is -0.392 e. The maximum atomic E-state index is 11.4. The van der Waals surface area contributed by atoms with Crippen LogP contribution in [0.1, 0.15) is 25.6 Å². The van der Waals surface area contributed by atoms with Crippen LogP contribution in [0.4, 0.5) is 0 Å². The van der Waals surface area contributed by atoms with Gasteiger partial charge in [-0.3, -0.25) is 4.68 Å². The van der Waals surface area contributed by atoms with Gasteiger partial charge in [0.25, 0.3) is 0 Å². The fourth-order valence-corrected chi connectivity index (χ4v) is 4.20. The van der Waals surface area contributed by atoms with Crippen molar-refractivity contribution in [2.24, 2.45) is 5.92 Å². The molecule has 0 aliphatic carbocycles. The highest BCUT2D eigenvalue weighted by molar-refractivity contribution is 7.91. The molecule has 7 heteroatoms. The predicted octanol–water partition coefficient (Wildman–Crippen LogP) is 0.0262. The zero-order valence-corrected chi connectivity index (χ0v) is 11.3. The Labute approximate surface area is 107 Å². The predicted molar refractivity (Wildman–Crippen MR) is 66.8 cm³/mol. The molecule has 6 nitrogen and oxygen atoms in total. The summed E-state index contributed by atoms with van der Waals surface area (Å²) in [7, 11) is -2.94. The van der Waals surface area contributed by atoms with Crippen LogP contribution >= 0.6 is 0 Å². The Bertz CT molecular complexity index is 497. The van der Waals surface area contributed by atoms with Crippen molar-refractivity contribution in [2.45, 2.75) is 38.8 Å². The average molecular weight is 273 g/mol. The molecule has 1 fully saturated rings. The first kappa shape index (κ1) is 13.5. The Morgan fingerprint density at radius 3 is 3.00 bits per heavy atom. The first-order valence-corrected chi connectivity index (χ1v) is 8.09. The Morgan fingerprint density at radius 2 is 2.39 bits per heavy atom. The van der Waals surface area contributed by atoms with Gasteiger partial charge >= 0.3 is 0 Å². The quantitative estimate of drug-likeness (QED) is 0.818. The van der Waals surface area contributed by atoms with Crippen molar-refractivity contribution in [3.05, 3.63) is 12.2 Å². The zero-order valence-electron chi connectivity index (χ0n) is 10.5. The largest absolute Gasteiger partial charge is 0.392 e. The monoisotopic (exact) mass is 273 g/mol. The molecule has 0 spiro atoms. The van der Waals surface area contributed by atoms with Crippen LogP contribution < -0.4 is 0 Å². The third-order valence-corrected chi connectivity index (χ3v) is 5.13. The molecule has 102 valence electrons. The lowest BCUT2D eigenvalue weighted by atomic mass is 9.99. The van der Waals surface area contributed by atoms with Crippen molar-refractivity contribution >= 4 is 9.84 Å². The Kier molecular flexibility index (Phi) is 4.01. The highest BCUT2D eigenvalue weighted by Gasteiger charge is 2.33. The summed E-state index contributed by atoms with van der Waals surface area (Å²) >= 11 is 0. The molecule has 1 aliphatic heterocycles. The van der Waals surface area contributed by atoms with Gasteiger partial charge in [-0.15, -0.1) is 0 Å². The number of sulfone groups is 1. The molecule has 2 atom stereocenters. The van der Waals surface area contributed by atoms with Crippen molar-refractivity contribution in [1.82, 2.24) is 14.8 Å². The summed E-state index contributed by atoms with van der Waals surface area (Å²) in [4.78, 5) is 4.12. The fourth-order valence-electron chi connectivity index (χ4n) is 2.33. The van der Waals surface area contributed by atoms with E-state index in [1.807, 2.05) is 6.92 Å². The van der Waals surface area contributed by atoms with Crippen LogP contribution in [0.3, 0.4) is 0 Å². The third kappa shape index (κ3) is 3.08. The van der Waals surface area contributed by atoms with E-state index in [4.69, 9.17) is 0 Å². The zero-order chi connectivity index (χ0) is 13.2. The van der Waals surface area contributed by atoms with Gasteiger partial charge in [-0.05, 0) is 12.8 Å². The van der Waals surface area contributed by atoms with Crippen molar-refractivity contribution in [1.29, 1.82) is 0 Å². The number of aliphatic hydroxyl groups excluding tert-OH is 1. The van der Waals surface area contributed by atoms with Crippen molar-refractivity contribution < 1.29 is 13.5 Å². The van der Waals surface area contributed by atoms with E-state index in [0.29, 0.717) is 12.8 Å². The molecule has 0 aromatic carbocycles. The van der Waals surface area contributed by atoms with Crippen molar-refractivity contribution in [3.8, 4) is 0 Å². The van der Waals surface area contributed by atoms with E-state index in [1.165, 1.54) is 6.33 Å². The minimum atomic E-state index is -2.94. The summed E-state index contributed by atoms with van der Waals surface area (Å²) < 4.78 is 24.5. The van der Waals surface area contributed by atoms with Crippen LogP contribution in [0.15, 0.2) is 6.33 Å². The van der Waals surface area contributed by atoms with Crippen LogP contribution in [0.2, 0.25) is 0 Å². The third-order valence-electron chi connectivity index (χ3n) is 3.33. The van der Waals surface area contributed by atoms with Gasteiger partial charge in [-0.1, -0.05) is 6.92 Å². The van der Waals surface area contributed by atoms with E-state index in [0.717, 1.165) is 18.8 Å². The van der Waals surface area contributed by atoms with E-state index in [9.17, 15) is 13.5 Å². The van der Waals surface area contributed by atoms with E-state index >= 15 is 0 Å². The summed E-state index contributed by atoms with van der Waals surface area (Å²) in [5.41, 5.74) is 0. The number of hydrogen-bond donors (Lipinski definition) is 1. The van der Waals surface area contributed by atoms with Gasteiger partial charge in [0.15, 0.2) is 9.84 Å². The second-order valence-corrected chi connectivity index (χ2v) is 7.06. The maximum absolute atomic E-state index is 11.4. The molecular weight excluding hydrogens is 254 g/mol. The molecular formula is C11H19N3O3S. The molecule has 18 heavy (non-hydrogen) atoms. The van der Waals surface area contributed by atoms with Crippen LogP contribution in [-0.4, -0.2) is 45.9 Å². The van der Waals surface area contributed by atoms with Crippen LogP contribution in [0, 0.1) is 5.92 Å². The topological polar surface area (TPSA) is 85.1 Å². The molecule has 1 aromatic heterocycles. The number of hydrogen-bond acceptors (Lipinski definition) is 5. The lowest BCUT2D eigenvalue weighted by Gasteiger charge is -2.16. The molecule has 1 saturated heterocycles. The Hall–Kier alpha value is -0.950. The van der Waals surface area contributed by atoms with Gasteiger partial charge in [0, 0.05) is 18.9 Å². The Balaban J connectivity index is 1.99. The van der Waals surface area contributed by atoms with Gasteiger partial charge in [0.1, 0.15) is 12.2 Å². The van der Waals surface area contributed by atoms with E-state index in [1.54, 1.807) is 4.68 Å². The second-order valence-electron chi connectivity index (χ2n) is 4.83. The highest BCUT2D eigenvalue weighted by Crippen LogP contribution is 2.23. The number of aliphatic hydroxyl groups is 1. The number of nitrogens with zero attached hydrogens (tertiary/aromatic N) is 3. The van der Waals surface area contributed by atoms with Crippen LogP contribution in [0.5, 0.6) is 0 Å². The lowest BCUT2D eigenvalue weighted by Crippen LogP contribution is -2.25.